The summed E-state index contributed by atoms with van der Waals surface area (Å²) in [6.45, 7) is 6.15. The molecule has 0 aromatic heterocycles. The van der Waals surface area contributed by atoms with E-state index in [1.54, 1.807) is 24.3 Å². The number of amides is 2. The summed E-state index contributed by atoms with van der Waals surface area (Å²) in [6.07, 6.45) is 0.676. The normalized spacial score (nSPS) is 16.5. The number of anilines is 1. The number of carbonyl (C=O) groups is 3. The summed E-state index contributed by atoms with van der Waals surface area (Å²) in [5.41, 5.74) is 1.89. The van der Waals surface area contributed by atoms with Crippen LogP contribution in [0.5, 0.6) is 0 Å². The molecule has 0 atom stereocenters. The van der Waals surface area contributed by atoms with Crippen molar-refractivity contribution in [3.8, 4) is 0 Å². The van der Waals surface area contributed by atoms with E-state index in [2.05, 4.69) is 0 Å². The van der Waals surface area contributed by atoms with Gasteiger partial charge in [-0.25, -0.2) is 9.69 Å². The molecule has 7 nitrogen and oxygen atoms in total. The number of morpholine rings is 1. The molecule has 2 aliphatic rings. The quantitative estimate of drug-likeness (QED) is 0.454. The SMILES string of the molecule is CCCOC(=O)c1ccccc1N1C(=O)C(Sc2ccc(C)cc2)=C(N2CCOCC2)C1=O. The molecule has 33 heavy (non-hydrogen) atoms. The van der Waals surface area contributed by atoms with Gasteiger partial charge < -0.3 is 14.4 Å². The Kier molecular flexibility index (Phi) is 7.15. The van der Waals surface area contributed by atoms with Crippen molar-refractivity contribution < 1.29 is 23.9 Å². The maximum atomic E-state index is 13.7. The van der Waals surface area contributed by atoms with E-state index < -0.39 is 17.8 Å². The third-order valence-corrected chi connectivity index (χ3v) is 6.47. The Balaban J connectivity index is 1.73. The zero-order valence-electron chi connectivity index (χ0n) is 18.7. The molecule has 2 aromatic carbocycles. The highest BCUT2D eigenvalue weighted by molar-refractivity contribution is 8.04. The van der Waals surface area contributed by atoms with Gasteiger partial charge in [0.25, 0.3) is 11.8 Å². The number of ether oxygens (including phenoxy) is 2. The second-order valence-corrected chi connectivity index (χ2v) is 8.87. The summed E-state index contributed by atoms with van der Waals surface area (Å²) in [6, 6.07) is 14.4. The fourth-order valence-corrected chi connectivity index (χ4v) is 4.71. The highest BCUT2D eigenvalue weighted by Crippen LogP contribution is 2.40. The van der Waals surface area contributed by atoms with Crippen molar-refractivity contribution in [1.29, 1.82) is 0 Å². The van der Waals surface area contributed by atoms with Crippen molar-refractivity contribution >= 4 is 35.2 Å². The average molecular weight is 467 g/mol. The van der Waals surface area contributed by atoms with Crippen molar-refractivity contribution in [2.24, 2.45) is 0 Å². The van der Waals surface area contributed by atoms with Crippen molar-refractivity contribution in [3.05, 3.63) is 70.3 Å². The lowest BCUT2D eigenvalue weighted by atomic mass is 10.1. The van der Waals surface area contributed by atoms with E-state index in [-0.39, 0.29) is 17.9 Å². The number of nitrogens with zero attached hydrogens (tertiary/aromatic N) is 2. The minimum atomic E-state index is -0.555. The van der Waals surface area contributed by atoms with Gasteiger partial charge in [0.1, 0.15) is 10.6 Å². The number of hydrogen-bond donors (Lipinski definition) is 0. The molecule has 4 rings (SSSR count). The van der Waals surface area contributed by atoms with Crippen LogP contribution in [0.4, 0.5) is 5.69 Å². The van der Waals surface area contributed by atoms with E-state index >= 15 is 0 Å². The molecule has 2 heterocycles. The first kappa shape index (κ1) is 23.1. The number of hydrogen-bond acceptors (Lipinski definition) is 7. The smallest absolute Gasteiger partial charge is 0.340 e. The molecule has 2 aliphatic heterocycles. The van der Waals surface area contributed by atoms with Crippen molar-refractivity contribution in [1.82, 2.24) is 4.90 Å². The molecule has 0 aliphatic carbocycles. The summed E-state index contributed by atoms with van der Waals surface area (Å²) in [4.78, 5) is 44.2. The van der Waals surface area contributed by atoms with Gasteiger partial charge in [0.15, 0.2) is 0 Å². The van der Waals surface area contributed by atoms with E-state index in [0.717, 1.165) is 15.4 Å². The number of imide groups is 1. The third kappa shape index (κ3) is 4.82. The van der Waals surface area contributed by atoms with Crippen molar-refractivity contribution in [3.63, 3.8) is 0 Å². The van der Waals surface area contributed by atoms with Gasteiger partial charge in [0.2, 0.25) is 0 Å². The molecule has 1 fully saturated rings. The molecule has 1 saturated heterocycles. The molecule has 2 aromatic rings. The summed E-state index contributed by atoms with van der Waals surface area (Å²) < 4.78 is 10.7. The highest BCUT2D eigenvalue weighted by Gasteiger charge is 2.44. The maximum Gasteiger partial charge on any atom is 0.340 e. The molecule has 0 saturated carbocycles. The zero-order chi connectivity index (χ0) is 23.4. The van der Waals surface area contributed by atoms with Crippen LogP contribution in [0, 0.1) is 6.92 Å². The number of thioether (sulfide) groups is 1. The second-order valence-electron chi connectivity index (χ2n) is 7.79. The van der Waals surface area contributed by atoms with E-state index in [0.29, 0.717) is 43.3 Å². The predicted octanol–water partition coefficient (Wildman–Crippen LogP) is 3.77. The summed E-state index contributed by atoms with van der Waals surface area (Å²) in [5.74, 6) is -1.43. The fraction of sp³-hybridized carbons (Fsp3) is 0.320. The number of benzene rings is 2. The van der Waals surface area contributed by atoms with Crippen LogP contribution >= 0.6 is 11.8 Å². The van der Waals surface area contributed by atoms with Crippen LogP contribution in [0.2, 0.25) is 0 Å². The first-order valence-corrected chi connectivity index (χ1v) is 11.8. The first-order chi connectivity index (χ1) is 16.0. The molecule has 8 heteroatoms. The van der Waals surface area contributed by atoms with Gasteiger partial charge in [-0.1, -0.05) is 48.5 Å². The minimum absolute atomic E-state index is 0.190. The number of carbonyl (C=O) groups excluding carboxylic acids is 3. The highest BCUT2D eigenvalue weighted by atomic mass is 32.2. The Hall–Kier alpha value is -3.10. The summed E-state index contributed by atoms with van der Waals surface area (Å²) >= 11 is 1.27. The van der Waals surface area contributed by atoms with E-state index in [1.165, 1.54) is 11.8 Å². The minimum Gasteiger partial charge on any atom is -0.462 e. The Morgan fingerprint density at radius 3 is 2.42 bits per heavy atom. The van der Waals surface area contributed by atoms with Crippen LogP contribution in [-0.4, -0.2) is 55.6 Å². The molecule has 172 valence electrons. The van der Waals surface area contributed by atoms with Crippen molar-refractivity contribution in [2.45, 2.75) is 25.2 Å². The monoisotopic (exact) mass is 466 g/mol. The van der Waals surface area contributed by atoms with E-state index in [9.17, 15) is 14.4 Å². The summed E-state index contributed by atoms with van der Waals surface area (Å²) in [7, 11) is 0. The average Bonchev–Trinajstić information content (AvgIpc) is 3.08. The Labute approximate surface area is 197 Å². The van der Waals surface area contributed by atoms with Crippen LogP contribution in [-0.2, 0) is 19.1 Å². The van der Waals surface area contributed by atoms with Gasteiger partial charge in [-0.2, -0.15) is 0 Å². The van der Waals surface area contributed by atoms with E-state index in [1.807, 2.05) is 43.0 Å². The van der Waals surface area contributed by atoms with Crippen LogP contribution in [0.15, 0.2) is 64.0 Å². The second kappa shape index (κ2) is 10.2. The maximum absolute atomic E-state index is 13.7. The molecule has 0 unspecified atom stereocenters. The zero-order valence-corrected chi connectivity index (χ0v) is 19.5. The lowest BCUT2D eigenvalue weighted by Gasteiger charge is -2.29. The van der Waals surface area contributed by atoms with E-state index in [4.69, 9.17) is 9.47 Å². The molecular weight excluding hydrogens is 440 g/mol. The molecule has 0 spiro atoms. The number of aryl methyl sites for hydroxylation is 1. The Morgan fingerprint density at radius 2 is 1.73 bits per heavy atom. The summed E-state index contributed by atoms with van der Waals surface area (Å²) in [5, 5.41) is 0. The van der Waals surface area contributed by atoms with Gasteiger partial charge in [-0.05, 0) is 37.6 Å². The molecule has 0 radical (unpaired) electrons. The van der Waals surface area contributed by atoms with Crippen LogP contribution < -0.4 is 4.90 Å². The van der Waals surface area contributed by atoms with Crippen LogP contribution in [0.3, 0.4) is 0 Å². The Morgan fingerprint density at radius 1 is 1.03 bits per heavy atom. The van der Waals surface area contributed by atoms with Crippen LogP contribution in [0.25, 0.3) is 0 Å². The largest absolute Gasteiger partial charge is 0.462 e. The van der Waals surface area contributed by atoms with Crippen LogP contribution in [0.1, 0.15) is 29.3 Å². The van der Waals surface area contributed by atoms with Gasteiger partial charge in [-0.15, -0.1) is 0 Å². The lowest BCUT2D eigenvalue weighted by Crippen LogP contribution is -2.40. The molecule has 0 bridgehead atoms. The van der Waals surface area contributed by atoms with Gasteiger partial charge in [0.05, 0.1) is 31.1 Å². The number of para-hydroxylation sites is 1. The Bertz CT molecular complexity index is 1090. The first-order valence-electron chi connectivity index (χ1n) is 11.0. The molecule has 0 N–H and O–H groups in total. The third-order valence-electron chi connectivity index (χ3n) is 5.39. The standard InChI is InChI=1S/C25H26N2O5S/c1-3-14-32-25(30)19-6-4-5-7-20(19)27-23(28)21(26-12-15-31-16-13-26)22(24(27)29)33-18-10-8-17(2)9-11-18/h4-11H,3,12-16H2,1-2H3. The topological polar surface area (TPSA) is 76.2 Å². The van der Waals surface area contributed by atoms with Crippen molar-refractivity contribution in [2.75, 3.05) is 37.8 Å². The fourth-order valence-electron chi connectivity index (χ4n) is 3.71. The molecular formula is C25H26N2O5S. The number of esters is 1. The predicted molar refractivity (Wildman–Crippen MR) is 126 cm³/mol. The molecule has 2 amide bonds. The number of rotatable bonds is 7. The van der Waals surface area contributed by atoms with Gasteiger partial charge in [0, 0.05) is 18.0 Å². The van der Waals surface area contributed by atoms with Gasteiger partial charge in [-0.3, -0.25) is 9.59 Å². The van der Waals surface area contributed by atoms with Gasteiger partial charge >= 0.3 is 5.97 Å². The lowest BCUT2D eigenvalue weighted by molar-refractivity contribution is -0.121.